The van der Waals surface area contributed by atoms with Crippen molar-refractivity contribution < 1.29 is 4.39 Å². The Morgan fingerprint density at radius 1 is 1.11 bits per heavy atom. The van der Waals surface area contributed by atoms with E-state index in [2.05, 4.69) is 17.1 Å². The summed E-state index contributed by atoms with van der Waals surface area (Å²) in [6, 6.07) is 15.0. The second-order valence-electron chi connectivity index (χ2n) is 4.48. The molecule has 19 heavy (non-hydrogen) atoms. The van der Waals surface area contributed by atoms with E-state index in [0.717, 1.165) is 24.0 Å². The van der Waals surface area contributed by atoms with E-state index in [-0.39, 0.29) is 5.82 Å². The quantitative estimate of drug-likeness (QED) is 0.712. The summed E-state index contributed by atoms with van der Waals surface area (Å²) in [6.07, 6.45) is 0.902. The molecule has 3 rings (SSSR count). The van der Waals surface area contributed by atoms with Crippen molar-refractivity contribution in [3.8, 4) is 0 Å². The number of aryl methyl sites for hydroxylation is 2. The summed E-state index contributed by atoms with van der Waals surface area (Å²) in [7, 11) is 0. The number of H-pyrrole nitrogens is 1. The van der Waals surface area contributed by atoms with Crippen molar-refractivity contribution in [1.82, 2.24) is 9.55 Å². The first-order chi connectivity index (χ1) is 9.24. The van der Waals surface area contributed by atoms with E-state index in [0.29, 0.717) is 4.77 Å². The van der Waals surface area contributed by atoms with Gasteiger partial charge in [0.25, 0.3) is 0 Å². The Hall–Kier alpha value is -1.94. The van der Waals surface area contributed by atoms with Gasteiger partial charge in [0.15, 0.2) is 4.77 Å². The molecule has 1 N–H and O–H groups in total. The standard InChI is InChI=1S/C15H13FN2S/c16-12-6-7-14-13(10-12)17-15(19)18(14)9-8-11-4-2-1-3-5-11/h1-7,10H,8-9H2,(H,17,19). The Labute approximate surface area is 115 Å². The highest BCUT2D eigenvalue weighted by Gasteiger charge is 2.05. The number of aromatic nitrogens is 2. The van der Waals surface area contributed by atoms with Crippen LogP contribution in [0.4, 0.5) is 4.39 Å². The molecular formula is C15H13FN2S. The van der Waals surface area contributed by atoms with E-state index in [1.165, 1.54) is 17.7 Å². The summed E-state index contributed by atoms with van der Waals surface area (Å²) in [5.74, 6) is -0.251. The molecule has 0 aliphatic rings. The van der Waals surface area contributed by atoms with Gasteiger partial charge < -0.3 is 9.55 Å². The number of rotatable bonds is 3. The van der Waals surface area contributed by atoms with Crippen molar-refractivity contribution in [1.29, 1.82) is 0 Å². The summed E-state index contributed by atoms with van der Waals surface area (Å²) >= 11 is 5.30. The molecule has 1 aromatic heterocycles. The van der Waals surface area contributed by atoms with Gasteiger partial charge in [-0.15, -0.1) is 0 Å². The number of nitrogens with zero attached hydrogens (tertiary/aromatic N) is 1. The summed E-state index contributed by atoms with van der Waals surface area (Å²) in [6.45, 7) is 0.786. The Morgan fingerprint density at radius 3 is 2.68 bits per heavy atom. The highest BCUT2D eigenvalue weighted by atomic mass is 32.1. The number of nitrogens with one attached hydrogen (secondary N) is 1. The Morgan fingerprint density at radius 2 is 1.89 bits per heavy atom. The molecule has 2 nitrogen and oxygen atoms in total. The van der Waals surface area contributed by atoms with Crippen LogP contribution in [0.1, 0.15) is 5.56 Å². The molecule has 0 aliphatic carbocycles. The van der Waals surface area contributed by atoms with Crippen LogP contribution in [-0.2, 0) is 13.0 Å². The van der Waals surface area contributed by atoms with Crippen molar-refractivity contribution in [2.24, 2.45) is 0 Å². The summed E-state index contributed by atoms with van der Waals surface area (Å²) in [5, 5.41) is 0. The van der Waals surface area contributed by atoms with E-state index in [1.54, 1.807) is 6.07 Å². The normalized spacial score (nSPS) is 11.0. The van der Waals surface area contributed by atoms with Crippen LogP contribution in [0, 0.1) is 10.6 Å². The summed E-state index contributed by atoms with van der Waals surface area (Å²) in [4.78, 5) is 3.04. The highest BCUT2D eigenvalue weighted by molar-refractivity contribution is 7.71. The summed E-state index contributed by atoms with van der Waals surface area (Å²) in [5.41, 5.74) is 2.96. The number of aromatic amines is 1. The third-order valence-corrected chi connectivity index (χ3v) is 3.53. The molecule has 0 atom stereocenters. The molecule has 0 amide bonds. The van der Waals surface area contributed by atoms with E-state index >= 15 is 0 Å². The Bertz CT molecular complexity index is 759. The molecule has 1 heterocycles. The molecule has 2 aromatic carbocycles. The average molecular weight is 272 g/mol. The number of hydrogen-bond acceptors (Lipinski definition) is 1. The van der Waals surface area contributed by atoms with Gasteiger partial charge in [0.05, 0.1) is 11.0 Å². The molecule has 0 unspecified atom stereocenters. The lowest BCUT2D eigenvalue weighted by Gasteiger charge is -2.04. The third kappa shape index (κ3) is 2.44. The van der Waals surface area contributed by atoms with Gasteiger partial charge in [0.1, 0.15) is 5.82 Å². The molecule has 96 valence electrons. The van der Waals surface area contributed by atoms with E-state index < -0.39 is 0 Å². The SMILES string of the molecule is Fc1ccc2c(c1)[nH]c(=S)n2CCc1ccccc1. The molecule has 3 aromatic rings. The Kier molecular flexibility index (Phi) is 3.17. The van der Waals surface area contributed by atoms with Crippen molar-refractivity contribution in [2.75, 3.05) is 0 Å². The van der Waals surface area contributed by atoms with Crippen LogP contribution in [0.5, 0.6) is 0 Å². The first-order valence-corrected chi connectivity index (χ1v) is 6.57. The van der Waals surface area contributed by atoms with Gasteiger partial charge in [-0.3, -0.25) is 0 Å². The van der Waals surface area contributed by atoms with Gasteiger partial charge in [-0.05, 0) is 42.4 Å². The molecule has 4 heteroatoms. The predicted molar refractivity (Wildman–Crippen MR) is 77.2 cm³/mol. The van der Waals surface area contributed by atoms with Gasteiger partial charge in [0, 0.05) is 6.54 Å². The second-order valence-corrected chi connectivity index (χ2v) is 4.87. The molecule has 0 spiro atoms. The van der Waals surface area contributed by atoms with Crippen LogP contribution in [0.25, 0.3) is 11.0 Å². The van der Waals surface area contributed by atoms with Crippen LogP contribution in [0.3, 0.4) is 0 Å². The van der Waals surface area contributed by atoms with Gasteiger partial charge in [0.2, 0.25) is 0 Å². The zero-order valence-corrected chi connectivity index (χ0v) is 11.1. The van der Waals surface area contributed by atoms with Gasteiger partial charge >= 0.3 is 0 Å². The highest BCUT2D eigenvalue weighted by Crippen LogP contribution is 2.16. The van der Waals surface area contributed by atoms with E-state index in [4.69, 9.17) is 12.2 Å². The van der Waals surface area contributed by atoms with E-state index in [9.17, 15) is 4.39 Å². The number of hydrogen-bond donors (Lipinski definition) is 1. The van der Waals surface area contributed by atoms with Crippen LogP contribution >= 0.6 is 12.2 Å². The molecular weight excluding hydrogens is 259 g/mol. The maximum Gasteiger partial charge on any atom is 0.178 e. The molecule has 0 bridgehead atoms. The topological polar surface area (TPSA) is 20.7 Å². The molecule has 0 saturated heterocycles. The minimum Gasteiger partial charge on any atom is -0.330 e. The number of imidazole rings is 1. The first kappa shape index (κ1) is 12.1. The number of halogens is 1. The fourth-order valence-electron chi connectivity index (χ4n) is 2.24. The maximum atomic E-state index is 13.2. The third-order valence-electron chi connectivity index (χ3n) is 3.20. The minimum absolute atomic E-state index is 0.251. The average Bonchev–Trinajstić information content (AvgIpc) is 2.72. The number of benzene rings is 2. The fourth-order valence-corrected chi connectivity index (χ4v) is 2.54. The zero-order valence-electron chi connectivity index (χ0n) is 10.3. The summed E-state index contributed by atoms with van der Waals surface area (Å²) < 4.78 is 15.8. The molecule has 0 fully saturated rings. The van der Waals surface area contributed by atoms with Crippen molar-refractivity contribution in [3.05, 3.63) is 64.7 Å². The molecule has 0 radical (unpaired) electrons. The van der Waals surface area contributed by atoms with Crippen molar-refractivity contribution in [3.63, 3.8) is 0 Å². The lowest BCUT2D eigenvalue weighted by molar-refractivity contribution is 0.629. The predicted octanol–water partition coefficient (Wildman–Crippen LogP) is 4.08. The first-order valence-electron chi connectivity index (χ1n) is 6.16. The lowest BCUT2D eigenvalue weighted by atomic mass is 10.1. The van der Waals surface area contributed by atoms with Gasteiger partial charge in [-0.25, -0.2) is 4.39 Å². The van der Waals surface area contributed by atoms with Crippen LogP contribution in [0.15, 0.2) is 48.5 Å². The fraction of sp³-hybridized carbons (Fsp3) is 0.133. The van der Waals surface area contributed by atoms with Crippen LogP contribution in [0.2, 0.25) is 0 Å². The monoisotopic (exact) mass is 272 g/mol. The van der Waals surface area contributed by atoms with Gasteiger partial charge in [-0.2, -0.15) is 0 Å². The smallest absolute Gasteiger partial charge is 0.178 e. The van der Waals surface area contributed by atoms with Crippen LogP contribution < -0.4 is 0 Å². The minimum atomic E-state index is -0.251. The number of fused-ring (bicyclic) bond motifs is 1. The molecule has 0 saturated carbocycles. The van der Waals surface area contributed by atoms with Crippen molar-refractivity contribution >= 4 is 23.3 Å². The zero-order chi connectivity index (χ0) is 13.2. The lowest BCUT2D eigenvalue weighted by Crippen LogP contribution is -2.01. The van der Waals surface area contributed by atoms with Crippen LogP contribution in [-0.4, -0.2) is 9.55 Å². The second kappa shape index (κ2) is 4.97. The van der Waals surface area contributed by atoms with E-state index in [1.807, 2.05) is 22.8 Å². The molecule has 0 aliphatic heterocycles. The Balaban J connectivity index is 1.93. The largest absolute Gasteiger partial charge is 0.330 e. The maximum absolute atomic E-state index is 13.2. The van der Waals surface area contributed by atoms with Crippen molar-refractivity contribution in [2.45, 2.75) is 13.0 Å². The van der Waals surface area contributed by atoms with Gasteiger partial charge in [-0.1, -0.05) is 30.3 Å².